The van der Waals surface area contributed by atoms with E-state index >= 15 is 0 Å². The number of fused-ring (bicyclic) bond motifs is 1. The van der Waals surface area contributed by atoms with Gasteiger partial charge in [-0.15, -0.1) is 0 Å². The molecule has 4 rings (SSSR count). The van der Waals surface area contributed by atoms with Crippen LogP contribution in [0.2, 0.25) is 0 Å². The van der Waals surface area contributed by atoms with Crippen LogP contribution in [0.5, 0.6) is 5.75 Å². The second-order valence-corrected chi connectivity index (χ2v) is 11.7. The molecule has 8 nitrogen and oxygen atoms in total. The molecule has 3 aromatic rings. The maximum absolute atomic E-state index is 13.4. The van der Waals surface area contributed by atoms with E-state index in [9.17, 15) is 22.4 Å². The van der Waals surface area contributed by atoms with Crippen LogP contribution in [-0.4, -0.2) is 46.2 Å². The molecule has 0 aliphatic carbocycles. The van der Waals surface area contributed by atoms with Crippen LogP contribution in [0.4, 0.5) is 4.39 Å². The minimum atomic E-state index is -3.13. The second-order valence-electron chi connectivity index (χ2n) is 9.56. The average molecular weight is 490 g/mol. The van der Waals surface area contributed by atoms with E-state index in [0.29, 0.717) is 28.8 Å². The Kier molecular flexibility index (Phi) is 6.14. The summed E-state index contributed by atoms with van der Waals surface area (Å²) in [5.74, 6) is 0.145. The summed E-state index contributed by atoms with van der Waals surface area (Å²) in [6, 6.07) is 7.94. The van der Waals surface area contributed by atoms with Gasteiger partial charge in [-0.1, -0.05) is 13.0 Å². The van der Waals surface area contributed by atoms with Crippen molar-refractivity contribution in [1.82, 2.24) is 14.1 Å². The molecule has 0 saturated carbocycles. The van der Waals surface area contributed by atoms with Crippen molar-refractivity contribution in [2.45, 2.75) is 52.9 Å². The van der Waals surface area contributed by atoms with Crippen LogP contribution in [0.25, 0.3) is 16.9 Å². The lowest BCUT2D eigenvalue weighted by molar-refractivity contribution is 0.0860. The minimum absolute atomic E-state index is 0.00952. The van der Waals surface area contributed by atoms with E-state index in [1.165, 1.54) is 17.7 Å². The molecule has 0 N–H and O–H groups in total. The van der Waals surface area contributed by atoms with E-state index in [4.69, 9.17) is 4.74 Å². The molecular formula is C24H28FN3O5S. The van der Waals surface area contributed by atoms with Gasteiger partial charge in [0.05, 0.1) is 22.7 Å². The van der Waals surface area contributed by atoms with Gasteiger partial charge < -0.3 is 4.74 Å². The zero-order valence-corrected chi connectivity index (χ0v) is 20.4. The first kappa shape index (κ1) is 24.1. The Balaban J connectivity index is 1.77. The number of sulfone groups is 1. The molecule has 1 unspecified atom stereocenters. The standard InChI is InChI=1S/C24H28FN3O5S/c1-15(2)27-20-10-17(21(29)12-24(4)8-9-34(31,32)14-24)13-26-22(20)28(23(27)30)18-6-5-7-19(11-18)33-16(3)25/h5-7,10-11,13,15-16H,8-9,12,14H2,1-4H3/t16?,24-/m1/s1. The number of alkyl halides is 1. The molecule has 2 aromatic heterocycles. The summed E-state index contributed by atoms with van der Waals surface area (Å²) in [6.45, 7) is 6.79. The highest BCUT2D eigenvalue weighted by molar-refractivity contribution is 7.91. The minimum Gasteiger partial charge on any atom is -0.461 e. The molecule has 1 fully saturated rings. The monoisotopic (exact) mass is 489 g/mol. The Hall–Kier alpha value is -3.01. The third-order valence-electron chi connectivity index (χ3n) is 6.10. The van der Waals surface area contributed by atoms with Gasteiger partial charge in [-0.3, -0.25) is 9.36 Å². The maximum atomic E-state index is 13.4. The molecule has 3 heterocycles. The first-order chi connectivity index (χ1) is 15.9. The number of ketones is 1. The summed E-state index contributed by atoms with van der Waals surface area (Å²) in [7, 11) is -3.13. The predicted molar refractivity (Wildman–Crippen MR) is 127 cm³/mol. The molecular weight excluding hydrogens is 461 g/mol. The molecule has 10 heteroatoms. The number of carbonyl (C=O) groups is 1. The zero-order valence-electron chi connectivity index (χ0n) is 19.6. The predicted octanol–water partition coefficient (Wildman–Crippen LogP) is 3.86. The lowest BCUT2D eigenvalue weighted by Gasteiger charge is -2.20. The number of benzene rings is 1. The Morgan fingerprint density at radius 3 is 2.62 bits per heavy atom. The SMILES string of the molecule is CC(F)Oc1cccc(-n2c(=O)n(C(C)C)c3cc(C(=O)C[C@@]4(C)CCS(=O)(=O)C4)cnc32)c1. The number of pyridine rings is 1. The Labute approximate surface area is 197 Å². The fraction of sp³-hybridized carbons (Fsp3) is 0.458. The molecule has 0 bridgehead atoms. The smallest absolute Gasteiger partial charge is 0.335 e. The molecule has 0 radical (unpaired) electrons. The van der Waals surface area contributed by atoms with Gasteiger partial charge in [-0.2, -0.15) is 0 Å². The quantitative estimate of drug-likeness (QED) is 0.467. The highest BCUT2D eigenvalue weighted by Crippen LogP contribution is 2.36. The van der Waals surface area contributed by atoms with E-state index in [1.807, 2.05) is 20.8 Å². The number of carbonyl (C=O) groups excluding carboxylic acids is 1. The zero-order chi connectivity index (χ0) is 24.8. The Morgan fingerprint density at radius 1 is 1.26 bits per heavy atom. The summed E-state index contributed by atoms with van der Waals surface area (Å²) >= 11 is 0. The normalized spacial score (nSPS) is 20.6. The number of rotatable bonds is 7. The molecule has 1 aliphatic heterocycles. The molecule has 0 amide bonds. The van der Waals surface area contributed by atoms with Gasteiger partial charge >= 0.3 is 5.69 Å². The second kappa shape index (κ2) is 8.65. The molecule has 182 valence electrons. The fourth-order valence-electron chi connectivity index (χ4n) is 4.57. The van der Waals surface area contributed by atoms with Gasteiger partial charge in [0, 0.05) is 37.2 Å². The van der Waals surface area contributed by atoms with E-state index in [1.54, 1.807) is 34.9 Å². The number of Topliss-reactive ketones (excluding diaryl/α,β-unsaturated/α-hetero) is 1. The van der Waals surface area contributed by atoms with Gasteiger partial charge in [0.25, 0.3) is 0 Å². The molecule has 2 atom stereocenters. The van der Waals surface area contributed by atoms with Crippen molar-refractivity contribution < 1.29 is 22.3 Å². The van der Waals surface area contributed by atoms with Crippen LogP contribution < -0.4 is 10.4 Å². The van der Waals surface area contributed by atoms with Crippen molar-refractivity contribution in [2.75, 3.05) is 11.5 Å². The van der Waals surface area contributed by atoms with Gasteiger partial charge in [0.1, 0.15) is 5.75 Å². The maximum Gasteiger partial charge on any atom is 0.335 e. The Morgan fingerprint density at radius 2 is 2.00 bits per heavy atom. The highest BCUT2D eigenvalue weighted by Gasteiger charge is 2.40. The number of nitrogens with zero attached hydrogens (tertiary/aromatic N) is 3. The summed E-state index contributed by atoms with van der Waals surface area (Å²) in [5.41, 5.74) is 0.676. The summed E-state index contributed by atoms with van der Waals surface area (Å²) in [4.78, 5) is 30.9. The lowest BCUT2D eigenvalue weighted by Crippen LogP contribution is -2.24. The van der Waals surface area contributed by atoms with Crippen LogP contribution >= 0.6 is 0 Å². The van der Waals surface area contributed by atoms with Crippen LogP contribution in [-0.2, 0) is 9.84 Å². The largest absolute Gasteiger partial charge is 0.461 e. The van der Waals surface area contributed by atoms with Gasteiger partial charge in [0.2, 0.25) is 6.36 Å². The van der Waals surface area contributed by atoms with Crippen molar-refractivity contribution in [3.63, 3.8) is 0 Å². The topological polar surface area (TPSA) is 100 Å². The number of hydrogen-bond acceptors (Lipinski definition) is 6. The van der Waals surface area contributed by atoms with Crippen LogP contribution in [0.15, 0.2) is 41.3 Å². The fourth-order valence-corrected chi connectivity index (χ4v) is 6.83. The summed E-state index contributed by atoms with van der Waals surface area (Å²) < 4.78 is 45.2. The van der Waals surface area contributed by atoms with Gasteiger partial charge in [-0.05, 0) is 43.9 Å². The molecule has 1 aromatic carbocycles. The number of hydrogen-bond donors (Lipinski definition) is 0. The van der Waals surface area contributed by atoms with Crippen molar-refractivity contribution in [1.29, 1.82) is 0 Å². The molecule has 1 saturated heterocycles. The summed E-state index contributed by atoms with van der Waals surface area (Å²) in [5, 5.41) is 0. The molecule has 1 aliphatic rings. The van der Waals surface area contributed by atoms with Gasteiger partial charge in [-0.25, -0.2) is 27.2 Å². The van der Waals surface area contributed by atoms with Crippen molar-refractivity contribution in [2.24, 2.45) is 5.41 Å². The number of aromatic nitrogens is 3. The highest BCUT2D eigenvalue weighted by atomic mass is 32.2. The number of halogens is 1. The number of ether oxygens (including phenoxy) is 1. The molecule has 0 spiro atoms. The van der Waals surface area contributed by atoms with Crippen molar-refractivity contribution in [3.05, 3.63) is 52.6 Å². The van der Waals surface area contributed by atoms with E-state index < -0.39 is 21.6 Å². The van der Waals surface area contributed by atoms with E-state index in [2.05, 4.69) is 4.98 Å². The lowest BCUT2D eigenvalue weighted by atomic mass is 9.83. The van der Waals surface area contributed by atoms with Crippen molar-refractivity contribution >= 4 is 26.8 Å². The number of imidazole rings is 1. The third kappa shape index (κ3) is 4.64. The molecule has 34 heavy (non-hydrogen) atoms. The van der Waals surface area contributed by atoms with E-state index in [-0.39, 0.29) is 41.2 Å². The van der Waals surface area contributed by atoms with Crippen molar-refractivity contribution in [3.8, 4) is 11.4 Å². The Bertz CT molecular complexity index is 1420. The van der Waals surface area contributed by atoms with Gasteiger partial charge in [0.15, 0.2) is 21.3 Å². The first-order valence-corrected chi connectivity index (χ1v) is 13.0. The van der Waals surface area contributed by atoms with Crippen LogP contribution in [0, 0.1) is 5.41 Å². The van der Waals surface area contributed by atoms with E-state index in [0.717, 1.165) is 0 Å². The summed E-state index contributed by atoms with van der Waals surface area (Å²) in [6.07, 6.45) is 0.446. The van der Waals surface area contributed by atoms with Crippen LogP contribution in [0.3, 0.4) is 0 Å². The first-order valence-electron chi connectivity index (χ1n) is 11.2. The van der Waals surface area contributed by atoms with Crippen LogP contribution in [0.1, 0.15) is 56.9 Å². The average Bonchev–Trinajstić information content (AvgIpc) is 3.18. The third-order valence-corrected chi connectivity index (χ3v) is 8.06.